The fourth-order valence-corrected chi connectivity index (χ4v) is 21.2. The molecule has 0 saturated carbocycles. The maximum atomic E-state index is 15.0. The van der Waals surface area contributed by atoms with Crippen molar-refractivity contribution in [2.24, 2.45) is 31.8 Å². The largest absolute Gasteiger partial charge is 0.480 e. The molecule has 12 atom stereocenters. The molecule has 8 N–H and O–H groups in total. The molecule has 0 radical (unpaired) electrons. The number of hydrogen-bond donors (Lipinski definition) is 8. The number of aliphatic imine (C=N–C) groups is 4. The van der Waals surface area contributed by atoms with Crippen LogP contribution in [0, 0.1) is 35.1 Å². The van der Waals surface area contributed by atoms with E-state index in [1.54, 1.807) is 105 Å². The molecule has 8 unspecified atom stereocenters. The van der Waals surface area contributed by atoms with Gasteiger partial charge >= 0.3 is 35.8 Å². The molecule has 16 rings (SSSR count). The van der Waals surface area contributed by atoms with Crippen LogP contribution in [-0.2, 0) is 47.7 Å². The summed E-state index contributed by atoms with van der Waals surface area (Å²) in [7, 11) is 3.29. The molecule has 4 aromatic carbocycles. The number of hydrogen-bond acceptors (Lipinski definition) is 34. The highest BCUT2D eigenvalue weighted by molar-refractivity contribution is 9.10. The van der Waals surface area contributed by atoms with Crippen molar-refractivity contribution in [3.05, 3.63) is 249 Å². The molecule has 12 heterocycles. The van der Waals surface area contributed by atoms with Gasteiger partial charge in [-0.3, -0.25) is 59.0 Å². The number of likely N-dealkylation sites (tertiary alicyclic amines) is 4. The second-order valence-corrected chi connectivity index (χ2v) is 39.9. The first-order valence-corrected chi connectivity index (χ1v) is 50.9. The third-order valence-electron chi connectivity index (χ3n) is 23.5. The minimum Gasteiger partial charge on any atom is -0.480 e. The molecule has 8 aliphatic rings. The van der Waals surface area contributed by atoms with Gasteiger partial charge in [0.2, 0.25) is 0 Å². The van der Waals surface area contributed by atoms with Crippen LogP contribution in [0.5, 0.6) is 0 Å². The molecule has 48 heteroatoms. The summed E-state index contributed by atoms with van der Waals surface area (Å²) in [6.45, 7) is 10.3. The molecule has 32 nitrogen and oxygen atoms in total. The fraction of sp³-hybridized carbons (Fsp3) is 0.426. The zero-order chi connectivity index (χ0) is 102. The molecule has 4 fully saturated rings. The standard InChI is InChI=1S/C25H28BrF2N5O4S.C25H28ClF2N5O4S.C22H23BrF2N4O3S.C22H23ClF2N4O3S/c2*1-3-37-25(36)21-19(12-33-10-14(18(28)11-33)9-32(2)13-20(34)35)30-23(24-29-6-7-38-24)31-22(21)16-5-4-15(27)8-17(16)26;2*1-2-32-22(31)18-16(11-29-7-5-17(30)15(25)10-29)27-20(21-26-6-8-33-21)28-19(18)13-4-3-12(24)9-14(13)23/h2*4-8,14,18,22H,3,9-13H2,1-2H3,(H,30,31)(H,34,35);2*3-4,6,8-9,15,17,19,30H,2,5,7,10-11H2,1H3,(H,27,28)/t2*14?,18?,22-;2*15?,17?,19-/m0000/s1. The first kappa shape index (κ1) is 109. The number of rotatable bonds is 32. The Morgan fingerprint density at radius 2 is 0.683 bits per heavy atom. The van der Waals surface area contributed by atoms with Gasteiger partial charge in [-0.25, -0.2) is 74.2 Å². The summed E-state index contributed by atoms with van der Waals surface area (Å²) >= 11 is 25.0. The van der Waals surface area contributed by atoms with E-state index in [4.69, 9.17) is 72.3 Å². The molecule has 4 saturated heterocycles. The van der Waals surface area contributed by atoms with Gasteiger partial charge in [0.1, 0.15) is 72.1 Å². The summed E-state index contributed by atoms with van der Waals surface area (Å²) in [6.07, 6.45) is 0.0489. The highest BCUT2D eigenvalue weighted by Crippen LogP contribution is 2.44. The lowest BCUT2D eigenvalue weighted by atomic mass is 9.94. The average molecular weight is 2220 g/mol. The Labute approximate surface area is 854 Å². The van der Waals surface area contributed by atoms with E-state index in [1.807, 2.05) is 25.0 Å². The van der Waals surface area contributed by atoms with Crippen molar-refractivity contribution in [3.8, 4) is 0 Å². The van der Waals surface area contributed by atoms with Gasteiger partial charge in [0.05, 0.1) is 74.0 Å². The third kappa shape index (κ3) is 28.3. The van der Waals surface area contributed by atoms with Crippen LogP contribution in [0.1, 0.15) is 107 Å². The molecule has 760 valence electrons. The second-order valence-electron chi connectivity index (χ2n) is 33.8. The van der Waals surface area contributed by atoms with Gasteiger partial charge in [0, 0.05) is 203 Å². The van der Waals surface area contributed by atoms with Gasteiger partial charge in [-0.1, -0.05) is 79.3 Å². The number of aliphatic carboxylic acids is 2. The zero-order valence-electron chi connectivity index (χ0n) is 77.3. The van der Waals surface area contributed by atoms with E-state index in [1.165, 1.54) is 99.9 Å². The fourth-order valence-electron chi connectivity index (χ4n) is 17.2. The van der Waals surface area contributed by atoms with Crippen LogP contribution in [0.25, 0.3) is 0 Å². The van der Waals surface area contributed by atoms with Crippen molar-refractivity contribution in [2.75, 3.05) is 145 Å². The summed E-state index contributed by atoms with van der Waals surface area (Å²) in [5.74, 6) is -5.25. The number of benzene rings is 4. The van der Waals surface area contributed by atoms with Gasteiger partial charge in [0.25, 0.3) is 0 Å². The molecule has 0 amide bonds. The Balaban J connectivity index is 0.000000159. The smallest absolute Gasteiger partial charge is 0.338 e. The van der Waals surface area contributed by atoms with Gasteiger partial charge in [-0.15, -0.1) is 45.3 Å². The number of aliphatic hydroxyl groups excluding tert-OH is 2. The molecule has 8 aliphatic heterocycles. The number of piperidine rings is 2. The van der Waals surface area contributed by atoms with Crippen LogP contribution in [0.2, 0.25) is 10.0 Å². The Morgan fingerprint density at radius 1 is 0.415 bits per heavy atom. The van der Waals surface area contributed by atoms with E-state index in [0.29, 0.717) is 130 Å². The van der Waals surface area contributed by atoms with E-state index in [0.717, 1.165) is 6.07 Å². The van der Waals surface area contributed by atoms with Crippen molar-refractivity contribution in [1.29, 1.82) is 0 Å². The lowest BCUT2D eigenvalue weighted by molar-refractivity contribution is -0.139. The Hall–Kier alpha value is -10.3. The summed E-state index contributed by atoms with van der Waals surface area (Å²) in [6, 6.07) is 12.8. The number of carbonyl (C=O) groups is 6. The number of aliphatic hydroxyl groups is 2. The minimum atomic E-state index is -1.39. The SMILES string of the molecule is CCOC(=O)C1=C(CN2CC(F)C(CN(C)CC(=O)O)C2)NC(c2nccs2)=N[C@H]1c1ccc(F)cc1Br.CCOC(=O)C1=C(CN2CC(F)C(CN(C)CC(=O)O)C2)NC(c2nccs2)=N[C@H]1c1ccc(F)cc1Cl.CCOC(=O)C1=C(CN2CCC(O)C(F)C2)NC(c2nccs2)=N[C@H]1c1ccc(F)cc1Br.CCOC(=O)C1=C(CN2CCC(O)C(F)C2)NC(c2nccs2)=N[C@H]1c1ccc(F)cc1Cl. The quantitative estimate of drug-likeness (QED) is 0.0110. The molecule has 142 heavy (non-hydrogen) atoms. The predicted molar refractivity (Wildman–Crippen MR) is 528 cm³/mol. The van der Waals surface area contributed by atoms with Crippen LogP contribution >= 0.6 is 100 Å². The number of carboxylic acids is 2. The Morgan fingerprint density at radius 3 is 0.937 bits per heavy atom. The number of likely N-dealkylation sites (N-methyl/N-ethyl adjacent to an activating group) is 2. The van der Waals surface area contributed by atoms with Crippen molar-refractivity contribution in [2.45, 2.75) is 102 Å². The maximum Gasteiger partial charge on any atom is 0.338 e. The Bertz CT molecular complexity index is 5720. The summed E-state index contributed by atoms with van der Waals surface area (Å²) < 4.78 is 136. The lowest BCUT2D eigenvalue weighted by Gasteiger charge is -2.35. The van der Waals surface area contributed by atoms with Crippen LogP contribution in [0.3, 0.4) is 0 Å². The number of nitrogens with zero attached hydrogens (tertiary/aromatic N) is 14. The monoisotopic (exact) mass is 2210 g/mol. The normalized spacial score (nSPS) is 22.8. The topological polar surface area (TPSA) is 389 Å². The van der Waals surface area contributed by atoms with Crippen molar-refractivity contribution >= 4 is 160 Å². The number of alkyl halides is 4. The van der Waals surface area contributed by atoms with Gasteiger partial charge in [0.15, 0.2) is 43.4 Å². The van der Waals surface area contributed by atoms with E-state index < -0.39 is 126 Å². The van der Waals surface area contributed by atoms with E-state index in [-0.39, 0.29) is 150 Å². The number of nitrogens with one attached hydrogen (secondary N) is 4. The van der Waals surface area contributed by atoms with E-state index in [9.17, 15) is 74.1 Å². The predicted octanol–water partition coefficient (Wildman–Crippen LogP) is 13.0. The number of carboxylic acid groups (broad SMARTS) is 2. The van der Waals surface area contributed by atoms with Crippen LogP contribution in [0.15, 0.2) is 193 Å². The number of aromatic nitrogens is 4. The van der Waals surface area contributed by atoms with Crippen LogP contribution in [-0.4, -0.2) is 311 Å². The van der Waals surface area contributed by atoms with Gasteiger partial charge < -0.3 is 60.6 Å². The molecule has 4 aromatic heterocycles. The van der Waals surface area contributed by atoms with E-state index >= 15 is 0 Å². The maximum absolute atomic E-state index is 15.0. The Kier molecular flexibility index (Phi) is 39.1. The summed E-state index contributed by atoms with van der Waals surface area (Å²) in [5.41, 5.74) is 4.89. The second kappa shape index (κ2) is 51.0. The zero-order valence-corrected chi connectivity index (χ0v) is 85.3. The number of carbonyl (C=O) groups excluding carboxylic acids is 4. The molecular weight excluding hydrogens is 2120 g/mol. The molecule has 8 aromatic rings. The van der Waals surface area contributed by atoms with Gasteiger partial charge in [-0.05, 0) is 114 Å². The van der Waals surface area contributed by atoms with Crippen molar-refractivity contribution < 1.29 is 103 Å². The van der Waals surface area contributed by atoms with Crippen molar-refractivity contribution in [3.63, 3.8) is 0 Å². The lowest BCUT2D eigenvalue weighted by Crippen LogP contribution is -2.47. The number of amidine groups is 4. The highest BCUT2D eigenvalue weighted by Gasteiger charge is 2.44. The van der Waals surface area contributed by atoms with E-state index in [2.05, 4.69) is 73.1 Å². The highest BCUT2D eigenvalue weighted by atomic mass is 79.9. The summed E-state index contributed by atoms with van der Waals surface area (Å²) in [4.78, 5) is 121. The summed E-state index contributed by atoms with van der Waals surface area (Å²) in [5, 5.41) is 60.2. The van der Waals surface area contributed by atoms with Crippen LogP contribution < -0.4 is 21.3 Å². The van der Waals surface area contributed by atoms with Crippen molar-refractivity contribution in [1.82, 2.24) is 70.6 Å². The van der Waals surface area contributed by atoms with Crippen LogP contribution in [0.4, 0.5) is 35.1 Å². The van der Waals surface area contributed by atoms with Gasteiger partial charge in [-0.2, -0.15) is 0 Å². The number of halogens is 12. The molecule has 0 aliphatic carbocycles. The molecule has 0 bridgehead atoms. The minimum absolute atomic E-state index is 0.0220. The first-order chi connectivity index (χ1) is 68.0. The average Bonchev–Trinajstić information content (AvgIpc) is 1.71. The third-order valence-corrected chi connectivity index (χ3v) is 28.7. The number of ether oxygens (including phenoxy) is 4. The number of esters is 4. The molecular formula is C94H102Br2Cl2F8N18O14S4. The molecule has 0 spiro atoms. The number of thiazole rings is 4. The first-order valence-electron chi connectivity index (χ1n) is 45.1.